The molecule has 0 radical (unpaired) electrons. The van der Waals surface area contributed by atoms with Gasteiger partial charge in [-0.1, -0.05) is 36.9 Å². The fourth-order valence-electron chi connectivity index (χ4n) is 1.98. The summed E-state index contributed by atoms with van der Waals surface area (Å²) in [6.45, 7) is 5.32. The Hall–Kier alpha value is -2.88. The number of para-hydroxylation sites is 1. The summed E-state index contributed by atoms with van der Waals surface area (Å²) in [5.74, 6) is -0.277. The predicted molar refractivity (Wildman–Crippen MR) is 86.8 cm³/mol. The number of rotatable bonds is 4. The van der Waals surface area contributed by atoms with Gasteiger partial charge in [-0.05, 0) is 30.7 Å². The fraction of sp³-hybridized carbons (Fsp3) is 0.0588. The largest absolute Gasteiger partial charge is 0.398 e. The summed E-state index contributed by atoms with van der Waals surface area (Å²) in [5.41, 5.74) is 9.73. The average molecular weight is 279 g/mol. The predicted octanol–water partition coefficient (Wildman–Crippen LogP) is 3.12. The Morgan fingerprint density at radius 1 is 1.29 bits per heavy atom. The molecule has 0 aliphatic carbocycles. The van der Waals surface area contributed by atoms with E-state index in [-0.39, 0.29) is 5.91 Å². The second-order valence-corrected chi connectivity index (χ2v) is 4.69. The monoisotopic (exact) mass is 279 g/mol. The van der Waals surface area contributed by atoms with Gasteiger partial charge in [0.2, 0.25) is 5.91 Å². The highest BCUT2D eigenvalue weighted by molar-refractivity contribution is 6.14. The third-order valence-corrected chi connectivity index (χ3v) is 3.20. The number of hydrogen-bond donors (Lipinski definition) is 3. The smallest absolute Gasteiger partial charge is 0.247 e. The van der Waals surface area contributed by atoms with Gasteiger partial charge in [-0.2, -0.15) is 0 Å². The zero-order valence-corrected chi connectivity index (χ0v) is 11.8. The number of aryl methyl sites for hydroxylation is 1. The van der Waals surface area contributed by atoms with Gasteiger partial charge in [-0.15, -0.1) is 0 Å². The molecule has 2 rings (SSSR count). The van der Waals surface area contributed by atoms with Crippen LogP contribution in [0.2, 0.25) is 0 Å². The van der Waals surface area contributed by atoms with Gasteiger partial charge in [0, 0.05) is 22.5 Å². The van der Waals surface area contributed by atoms with Gasteiger partial charge >= 0.3 is 0 Å². The topological polar surface area (TPSA) is 79.0 Å². The Labute approximate surface area is 123 Å². The molecule has 0 unspecified atom stereocenters. The first-order valence-corrected chi connectivity index (χ1v) is 6.51. The van der Waals surface area contributed by atoms with Crippen molar-refractivity contribution in [3.05, 3.63) is 71.8 Å². The molecular weight excluding hydrogens is 262 g/mol. The molecule has 21 heavy (non-hydrogen) atoms. The molecule has 4 heteroatoms. The Balaban J connectivity index is 2.39. The van der Waals surface area contributed by atoms with E-state index in [9.17, 15) is 4.79 Å². The van der Waals surface area contributed by atoms with Gasteiger partial charge < -0.3 is 11.1 Å². The molecule has 1 amide bonds. The van der Waals surface area contributed by atoms with Gasteiger partial charge in [-0.3, -0.25) is 10.2 Å². The lowest BCUT2D eigenvalue weighted by molar-refractivity contribution is -0.111. The maximum Gasteiger partial charge on any atom is 0.247 e. The summed E-state index contributed by atoms with van der Waals surface area (Å²) in [7, 11) is 0. The van der Waals surface area contributed by atoms with Crippen molar-refractivity contribution in [2.45, 2.75) is 6.92 Å². The number of benzene rings is 2. The first-order chi connectivity index (χ1) is 10.0. The van der Waals surface area contributed by atoms with Crippen molar-refractivity contribution in [3.63, 3.8) is 0 Å². The van der Waals surface area contributed by atoms with Crippen LogP contribution < -0.4 is 11.1 Å². The molecule has 4 nitrogen and oxygen atoms in total. The summed E-state index contributed by atoms with van der Waals surface area (Å²) in [5, 5.41) is 11.0. The quantitative estimate of drug-likeness (QED) is 0.457. The number of nitrogens with one attached hydrogen (secondary N) is 2. The van der Waals surface area contributed by atoms with Crippen LogP contribution in [0.4, 0.5) is 11.4 Å². The summed E-state index contributed by atoms with van der Waals surface area (Å²) in [6.07, 6.45) is 1.21. The molecular formula is C17H17N3O. The van der Waals surface area contributed by atoms with E-state index < -0.39 is 0 Å². The van der Waals surface area contributed by atoms with Crippen LogP contribution in [-0.4, -0.2) is 11.6 Å². The van der Waals surface area contributed by atoms with Gasteiger partial charge in [0.05, 0.1) is 5.71 Å². The van der Waals surface area contributed by atoms with Gasteiger partial charge in [0.25, 0.3) is 0 Å². The van der Waals surface area contributed by atoms with Crippen LogP contribution in [-0.2, 0) is 4.79 Å². The van der Waals surface area contributed by atoms with Crippen molar-refractivity contribution in [1.29, 1.82) is 5.41 Å². The molecule has 0 aliphatic rings. The van der Waals surface area contributed by atoms with Crippen LogP contribution in [0.1, 0.15) is 16.7 Å². The highest BCUT2D eigenvalue weighted by Crippen LogP contribution is 2.21. The first kappa shape index (κ1) is 14.5. The van der Waals surface area contributed by atoms with Crippen molar-refractivity contribution in [2.24, 2.45) is 0 Å². The maximum atomic E-state index is 11.4. The Morgan fingerprint density at radius 3 is 2.67 bits per heavy atom. The van der Waals surface area contributed by atoms with E-state index >= 15 is 0 Å². The number of carbonyl (C=O) groups excluding carboxylic acids is 1. The van der Waals surface area contributed by atoms with Crippen LogP contribution in [0.15, 0.2) is 55.1 Å². The SMILES string of the molecule is C=CC(=O)Nc1cc(C(=N)c2ccccc2N)ccc1C. The van der Waals surface area contributed by atoms with E-state index in [1.807, 2.05) is 31.2 Å². The molecule has 2 aromatic carbocycles. The van der Waals surface area contributed by atoms with E-state index in [4.69, 9.17) is 11.1 Å². The summed E-state index contributed by atoms with van der Waals surface area (Å²) in [6, 6.07) is 12.7. The van der Waals surface area contributed by atoms with E-state index in [0.717, 1.165) is 5.56 Å². The number of carbonyl (C=O) groups is 1. The number of anilines is 2. The lowest BCUT2D eigenvalue weighted by Gasteiger charge is -2.11. The lowest BCUT2D eigenvalue weighted by atomic mass is 9.99. The van der Waals surface area contributed by atoms with E-state index in [1.165, 1.54) is 6.08 Å². The highest BCUT2D eigenvalue weighted by Gasteiger charge is 2.10. The minimum Gasteiger partial charge on any atom is -0.398 e. The molecule has 0 aromatic heterocycles. The summed E-state index contributed by atoms with van der Waals surface area (Å²) >= 11 is 0. The third kappa shape index (κ3) is 3.17. The summed E-state index contributed by atoms with van der Waals surface area (Å²) < 4.78 is 0. The standard InChI is InChI=1S/C17H17N3O/c1-3-16(21)20-15-10-12(9-8-11(15)2)17(19)13-6-4-5-7-14(13)18/h3-10,19H,1,18H2,2H3,(H,20,21). The van der Waals surface area contributed by atoms with Crippen LogP contribution in [0.3, 0.4) is 0 Å². The second-order valence-electron chi connectivity index (χ2n) is 4.69. The molecule has 0 bridgehead atoms. The Morgan fingerprint density at radius 2 is 2.00 bits per heavy atom. The molecule has 2 aromatic rings. The normalized spacial score (nSPS) is 9.95. The molecule has 0 spiro atoms. The van der Waals surface area contributed by atoms with Gasteiger partial charge in [0.1, 0.15) is 0 Å². The fourth-order valence-corrected chi connectivity index (χ4v) is 1.98. The zero-order chi connectivity index (χ0) is 15.4. The second kappa shape index (κ2) is 6.05. The van der Waals surface area contributed by atoms with Crippen LogP contribution in [0, 0.1) is 12.3 Å². The Bertz CT molecular complexity index is 720. The van der Waals surface area contributed by atoms with Crippen molar-refractivity contribution in [1.82, 2.24) is 0 Å². The molecule has 0 fully saturated rings. The van der Waals surface area contributed by atoms with E-state index in [2.05, 4.69) is 11.9 Å². The molecule has 0 saturated carbocycles. The van der Waals surface area contributed by atoms with Crippen molar-refractivity contribution >= 4 is 23.0 Å². The highest BCUT2D eigenvalue weighted by atomic mass is 16.1. The first-order valence-electron chi connectivity index (χ1n) is 6.51. The minimum absolute atomic E-state index is 0.277. The van der Waals surface area contributed by atoms with Crippen molar-refractivity contribution < 1.29 is 4.79 Å². The number of nitrogens with two attached hydrogens (primary N) is 1. The number of nitrogen functional groups attached to an aromatic ring is 1. The van der Waals surface area contributed by atoms with Gasteiger partial charge in [0.15, 0.2) is 0 Å². The van der Waals surface area contributed by atoms with Gasteiger partial charge in [-0.25, -0.2) is 0 Å². The third-order valence-electron chi connectivity index (χ3n) is 3.20. The molecule has 0 saturated heterocycles. The molecule has 0 aliphatic heterocycles. The Kier molecular flexibility index (Phi) is 4.18. The van der Waals surface area contributed by atoms with Crippen LogP contribution in [0.5, 0.6) is 0 Å². The minimum atomic E-state index is -0.277. The van der Waals surface area contributed by atoms with Crippen LogP contribution >= 0.6 is 0 Å². The summed E-state index contributed by atoms with van der Waals surface area (Å²) in [4.78, 5) is 11.4. The zero-order valence-electron chi connectivity index (χ0n) is 11.8. The van der Waals surface area contributed by atoms with Crippen LogP contribution in [0.25, 0.3) is 0 Å². The average Bonchev–Trinajstić information content (AvgIpc) is 2.49. The lowest BCUT2D eigenvalue weighted by Crippen LogP contribution is -2.10. The van der Waals surface area contributed by atoms with E-state index in [0.29, 0.717) is 28.2 Å². The van der Waals surface area contributed by atoms with E-state index in [1.54, 1.807) is 18.2 Å². The molecule has 106 valence electrons. The van der Waals surface area contributed by atoms with Crippen molar-refractivity contribution in [2.75, 3.05) is 11.1 Å². The molecule has 4 N–H and O–H groups in total. The number of amides is 1. The van der Waals surface area contributed by atoms with Crippen molar-refractivity contribution in [3.8, 4) is 0 Å². The molecule has 0 atom stereocenters. The maximum absolute atomic E-state index is 11.4. The molecule has 0 heterocycles. The number of hydrogen-bond acceptors (Lipinski definition) is 3.